The largest absolute Gasteiger partial charge is 0.379 e. The van der Waals surface area contributed by atoms with Gasteiger partial charge in [-0.1, -0.05) is 36.4 Å². The van der Waals surface area contributed by atoms with Crippen molar-refractivity contribution in [3.63, 3.8) is 0 Å². The monoisotopic (exact) mass is 381 g/mol. The molecule has 0 bridgehead atoms. The van der Waals surface area contributed by atoms with Crippen LogP contribution >= 0.6 is 0 Å². The summed E-state index contributed by atoms with van der Waals surface area (Å²) in [6.45, 7) is 6.32. The fraction of sp³-hybridized carbons (Fsp3) is 0.478. The van der Waals surface area contributed by atoms with E-state index in [9.17, 15) is 9.90 Å². The van der Waals surface area contributed by atoms with E-state index >= 15 is 0 Å². The van der Waals surface area contributed by atoms with Crippen LogP contribution in [0.5, 0.6) is 0 Å². The van der Waals surface area contributed by atoms with Crippen LogP contribution in [0.25, 0.3) is 0 Å². The number of carbonyl (C=O) groups is 1. The van der Waals surface area contributed by atoms with Gasteiger partial charge in [-0.3, -0.25) is 9.78 Å². The molecule has 1 aromatic heterocycles. The van der Waals surface area contributed by atoms with E-state index in [2.05, 4.69) is 28.5 Å². The molecular formula is C23H31N3O2. The maximum absolute atomic E-state index is 12.9. The molecule has 1 unspecified atom stereocenters. The highest BCUT2D eigenvalue weighted by atomic mass is 16.3. The molecule has 28 heavy (non-hydrogen) atoms. The Kier molecular flexibility index (Phi) is 6.81. The van der Waals surface area contributed by atoms with Crippen molar-refractivity contribution in [2.45, 2.75) is 51.7 Å². The number of pyridine rings is 1. The molecule has 1 aromatic carbocycles. The number of hydrogen-bond donors (Lipinski definition) is 2. The van der Waals surface area contributed by atoms with Crippen LogP contribution in [0.2, 0.25) is 0 Å². The SMILES string of the molecule is Cc1cc(CNCC2(O)CCCN(CCCc3ccccc3)C2=O)cnc1C. The van der Waals surface area contributed by atoms with Gasteiger partial charge in [0.25, 0.3) is 5.91 Å². The Morgan fingerprint density at radius 2 is 2.00 bits per heavy atom. The Bertz CT molecular complexity index is 794. The van der Waals surface area contributed by atoms with Gasteiger partial charge in [-0.15, -0.1) is 0 Å². The molecule has 1 saturated heterocycles. The number of aryl methyl sites for hydroxylation is 3. The van der Waals surface area contributed by atoms with E-state index in [0.29, 0.717) is 19.5 Å². The van der Waals surface area contributed by atoms with Gasteiger partial charge in [-0.25, -0.2) is 0 Å². The van der Waals surface area contributed by atoms with Gasteiger partial charge in [0.1, 0.15) is 0 Å². The van der Waals surface area contributed by atoms with Crippen molar-refractivity contribution >= 4 is 5.91 Å². The summed E-state index contributed by atoms with van der Waals surface area (Å²) in [5.74, 6) is -0.141. The van der Waals surface area contributed by atoms with Crippen molar-refractivity contribution in [1.29, 1.82) is 0 Å². The van der Waals surface area contributed by atoms with Crippen molar-refractivity contribution in [2.75, 3.05) is 19.6 Å². The molecule has 5 heteroatoms. The zero-order valence-corrected chi connectivity index (χ0v) is 16.9. The number of piperidine rings is 1. The fourth-order valence-corrected chi connectivity index (χ4v) is 3.77. The lowest BCUT2D eigenvalue weighted by Gasteiger charge is -2.38. The molecule has 1 aliphatic heterocycles. The maximum Gasteiger partial charge on any atom is 0.255 e. The third-order valence-electron chi connectivity index (χ3n) is 5.58. The minimum atomic E-state index is -1.31. The lowest BCUT2D eigenvalue weighted by molar-refractivity contribution is -0.156. The van der Waals surface area contributed by atoms with Gasteiger partial charge in [0, 0.05) is 38.1 Å². The summed E-state index contributed by atoms with van der Waals surface area (Å²) in [6.07, 6.45) is 5.05. The molecule has 1 aliphatic rings. The van der Waals surface area contributed by atoms with Gasteiger partial charge >= 0.3 is 0 Å². The van der Waals surface area contributed by atoms with E-state index in [-0.39, 0.29) is 12.5 Å². The Hall–Kier alpha value is -2.24. The molecule has 3 rings (SSSR count). The second kappa shape index (κ2) is 9.30. The molecule has 1 amide bonds. The number of benzene rings is 1. The van der Waals surface area contributed by atoms with E-state index in [4.69, 9.17) is 0 Å². The first-order valence-electron chi connectivity index (χ1n) is 10.2. The van der Waals surface area contributed by atoms with Gasteiger partial charge in [-0.05, 0) is 56.2 Å². The summed E-state index contributed by atoms with van der Waals surface area (Å²) in [6, 6.07) is 12.4. The average Bonchev–Trinajstić information content (AvgIpc) is 2.69. The molecule has 0 aliphatic carbocycles. The maximum atomic E-state index is 12.9. The summed E-state index contributed by atoms with van der Waals surface area (Å²) < 4.78 is 0. The first-order valence-corrected chi connectivity index (χ1v) is 10.2. The Balaban J connectivity index is 1.49. The molecule has 150 valence electrons. The second-order valence-electron chi connectivity index (χ2n) is 7.87. The smallest absolute Gasteiger partial charge is 0.255 e. The van der Waals surface area contributed by atoms with Gasteiger partial charge in [0.15, 0.2) is 5.60 Å². The van der Waals surface area contributed by atoms with Crippen molar-refractivity contribution in [3.05, 3.63) is 65.0 Å². The van der Waals surface area contributed by atoms with E-state index in [1.54, 1.807) is 0 Å². The van der Waals surface area contributed by atoms with Gasteiger partial charge in [0.2, 0.25) is 0 Å². The van der Waals surface area contributed by atoms with Gasteiger partial charge in [-0.2, -0.15) is 0 Å². The number of carbonyl (C=O) groups excluding carboxylic acids is 1. The molecule has 2 heterocycles. The van der Waals surface area contributed by atoms with Crippen molar-refractivity contribution in [2.24, 2.45) is 0 Å². The van der Waals surface area contributed by atoms with E-state index in [1.807, 2.05) is 43.1 Å². The topological polar surface area (TPSA) is 65.5 Å². The number of hydrogen-bond acceptors (Lipinski definition) is 4. The molecule has 5 nitrogen and oxygen atoms in total. The molecule has 0 radical (unpaired) electrons. The first-order chi connectivity index (χ1) is 13.5. The number of rotatable bonds is 8. The number of amides is 1. The van der Waals surface area contributed by atoms with Gasteiger partial charge in [0.05, 0.1) is 0 Å². The van der Waals surface area contributed by atoms with Crippen LogP contribution in [0.15, 0.2) is 42.6 Å². The Morgan fingerprint density at radius 1 is 1.21 bits per heavy atom. The van der Waals surface area contributed by atoms with E-state index < -0.39 is 5.60 Å². The summed E-state index contributed by atoms with van der Waals surface area (Å²) in [5.41, 5.74) is 3.21. The molecule has 0 saturated carbocycles. The summed E-state index contributed by atoms with van der Waals surface area (Å²) in [7, 11) is 0. The van der Waals surface area contributed by atoms with Crippen molar-refractivity contribution < 1.29 is 9.90 Å². The summed E-state index contributed by atoms with van der Waals surface area (Å²) in [4.78, 5) is 19.0. The molecule has 2 N–H and O–H groups in total. The quantitative estimate of drug-likeness (QED) is 0.738. The number of aliphatic hydroxyl groups is 1. The minimum absolute atomic E-state index is 0.141. The molecular weight excluding hydrogens is 350 g/mol. The number of nitrogens with zero attached hydrogens (tertiary/aromatic N) is 2. The minimum Gasteiger partial charge on any atom is -0.379 e. The molecule has 2 aromatic rings. The van der Waals surface area contributed by atoms with Crippen LogP contribution in [-0.4, -0.2) is 46.1 Å². The van der Waals surface area contributed by atoms with Crippen LogP contribution in [0.1, 0.15) is 41.6 Å². The molecule has 0 spiro atoms. The van der Waals surface area contributed by atoms with Crippen LogP contribution in [0, 0.1) is 13.8 Å². The normalized spacial score (nSPS) is 19.8. The second-order valence-corrected chi connectivity index (χ2v) is 7.87. The first kappa shape index (κ1) is 20.5. The predicted octanol–water partition coefficient (Wildman–Crippen LogP) is 2.77. The zero-order valence-electron chi connectivity index (χ0n) is 16.9. The van der Waals surface area contributed by atoms with Gasteiger partial charge < -0.3 is 15.3 Å². The standard InChI is InChI=1S/C23H31N3O2/c1-18-14-21(16-25-19(18)2)15-24-17-23(28)11-7-13-26(22(23)27)12-6-10-20-8-4-3-5-9-20/h3-5,8-9,14,16,24,28H,6-7,10-13,15,17H2,1-2H3. The zero-order chi connectivity index (χ0) is 20.0. The number of nitrogens with one attached hydrogen (secondary N) is 1. The highest BCUT2D eigenvalue weighted by molar-refractivity contribution is 5.86. The summed E-state index contributed by atoms with van der Waals surface area (Å²) >= 11 is 0. The highest BCUT2D eigenvalue weighted by Crippen LogP contribution is 2.23. The van der Waals surface area contributed by atoms with E-state index in [0.717, 1.165) is 42.6 Å². The Labute approximate surface area is 167 Å². The molecule has 1 atom stereocenters. The summed E-state index contributed by atoms with van der Waals surface area (Å²) in [5, 5.41) is 14.2. The Morgan fingerprint density at radius 3 is 2.75 bits per heavy atom. The van der Waals surface area contributed by atoms with Crippen LogP contribution in [-0.2, 0) is 17.8 Å². The number of aromatic nitrogens is 1. The van der Waals surface area contributed by atoms with Crippen molar-refractivity contribution in [3.8, 4) is 0 Å². The van der Waals surface area contributed by atoms with Crippen LogP contribution in [0.4, 0.5) is 0 Å². The lowest BCUT2D eigenvalue weighted by atomic mass is 9.91. The third-order valence-corrected chi connectivity index (χ3v) is 5.58. The predicted molar refractivity (Wildman–Crippen MR) is 111 cm³/mol. The molecule has 1 fully saturated rings. The third kappa shape index (κ3) is 5.18. The van der Waals surface area contributed by atoms with E-state index in [1.165, 1.54) is 5.56 Å². The highest BCUT2D eigenvalue weighted by Gasteiger charge is 2.41. The fourth-order valence-electron chi connectivity index (χ4n) is 3.77. The van der Waals surface area contributed by atoms with Crippen LogP contribution < -0.4 is 5.32 Å². The average molecular weight is 382 g/mol. The lowest BCUT2D eigenvalue weighted by Crippen LogP contribution is -2.58. The van der Waals surface area contributed by atoms with Crippen LogP contribution in [0.3, 0.4) is 0 Å². The van der Waals surface area contributed by atoms with Crippen molar-refractivity contribution in [1.82, 2.24) is 15.2 Å². The number of likely N-dealkylation sites (tertiary alicyclic amines) is 1.